The minimum atomic E-state index is -3.74. The Balaban J connectivity index is 1.83. The summed E-state index contributed by atoms with van der Waals surface area (Å²) in [5.74, 6) is -1.50. The second kappa shape index (κ2) is 7.46. The van der Waals surface area contributed by atoms with E-state index < -0.39 is 15.8 Å². The molecule has 0 fully saturated rings. The predicted octanol–water partition coefficient (Wildman–Crippen LogP) is 5.55. The Labute approximate surface area is 173 Å². The van der Waals surface area contributed by atoms with Crippen molar-refractivity contribution in [1.82, 2.24) is 0 Å². The van der Waals surface area contributed by atoms with Gasteiger partial charge in [0, 0.05) is 15.0 Å². The molecule has 6 heteroatoms. The van der Waals surface area contributed by atoms with Crippen LogP contribution in [0.15, 0.2) is 77.7 Å². The summed E-state index contributed by atoms with van der Waals surface area (Å²) in [5.41, 5.74) is 1.98. The minimum absolute atomic E-state index is 0.00504. The highest BCUT2D eigenvalue weighted by Gasteiger charge is 2.25. The number of hydrogen-bond acceptors (Lipinski definition) is 4. The second-order valence-corrected chi connectivity index (χ2v) is 9.97. The molecular weight excluding hydrogens is 404 g/mol. The number of benzene rings is 3. The average Bonchev–Trinajstić information content (AvgIpc) is 3.04. The SMILES string of the molecule is Cc1sc2ccccc2c1S(=O)(=O)Cc1cc(-c2ccccc2)ccc1C(=O)O. The topological polar surface area (TPSA) is 71.4 Å². The molecule has 0 bridgehead atoms. The lowest BCUT2D eigenvalue weighted by molar-refractivity contribution is 0.0696. The van der Waals surface area contributed by atoms with Crippen molar-refractivity contribution in [1.29, 1.82) is 0 Å². The lowest BCUT2D eigenvalue weighted by Crippen LogP contribution is -2.10. The van der Waals surface area contributed by atoms with E-state index in [1.165, 1.54) is 17.4 Å². The van der Waals surface area contributed by atoms with Gasteiger partial charge in [0.2, 0.25) is 0 Å². The number of fused-ring (bicyclic) bond motifs is 1. The lowest BCUT2D eigenvalue weighted by atomic mass is 10.00. The summed E-state index contributed by atoms with van der Waals surface area (Å²) in [6.07, 6.45) is 0. The van der Waals surface area contributed by atoms with Crippen molar-refractivity contribution in [3.8, 4) is 11.1 Å². The molecule has 4 nitrogen and oxygen atoms in total. The highest BCUT2D eigenvalue weighted by molar-refractivity contribution is 7.91. The summed E-state index contributed by atoms with van der Waals surface area (Å²) in [4.78, 5) is 12.7. The van der Waals surface area contributed by atoms with E-state index in [1.807, 2.05) is 48.5 Å². The van der Waals surface area contributed by atoms with Gasteiger partial charge in [0.15, 0.2) is 9.84 Å². The van der Waals surface area contributed by atoms with E-state index in [4.69, 9.17) is 0 Å². The minimum Gasteiger partial charge on any atom is -0.478 e. The molecule has 0 saturated carbocycles. The number of carboxylic acids is 1. The van der Waals surface area contributed by atoms with Crippen molar-refractivity contribution in [3.63, 3.8) is 0 Å². The van der Waals surface area contributed by atoms with Crippen LogP contribution < -0.4 is 0 Å². The molecule has 0 aliphatic carbocycles. The predicted molar refractivity (Wildman–Crippen MR) is 116 cm³/mol. The molecule has 1 N–H and O–H groups in total. The number of sulfone groups is 1. The molecule has 0 aliphatic heterocycles. The van der Waals surface area contributed by atoms with Crippen LogP contribution in [0.3, 0.4) is 0 Å². The van der Waals surface area contributed by atoms with Gasteiger partial charge in [-0.15, -0.1) is 11.3 Å². The number of thiophene rings is 1. The molecular formula is C23H18O4S2. The molecule has 4 aromatic rings. The van der Waals surface area contributed by atoms with Gasteiger partial charge >= 0.3 is 5.97 Å². The van der Waals surface area contributed by atoms with Crippen LogP contribution in [0.1, 0.15) is 20.8 Å². The van der Waals surface area contributed by atoms with Crippen molar-refractivity contribution < 1.29 is 18.3 Å². The number of hydrogen-bond donors (Lipinski definition) is 1. The molecule has 0 spiro atoms. The van der Waals surface area contributed by atoms with Crippen molar-refractivity contribution >= 4 is 37.2 Å². The van der Waals surface area contributed by atoms with Crippen LogP contribution in [-0.4, -0.2) is 19.5 Å². The van der Waals surface area contributed by atoms with E-state index in [0.717, 1.165) is 15.8 Å². The Morgan fingerprint density at radius 1 is 0.931 bits per heavy atom. The monoisotopic (exact) mass is 422 g/mol. The molecule has 146 valence electrons. The van der Waals surface area contributed by atoms with Gasteiger partial charge in [-0.2, -0.15) is 0 Å². The number of rotatable bonds is 5. The average molecular weight is 423 g/mol. The summed E-state index contributed by atoms with van der Waals surface area (Å²) in [5, 5.41) is 10.3. The van der Waals surface area contributed by atoms with Crippen LogP contribution in [0.5, 0.6) is 0 Å². The van der Waals surface area contributed by atoms with E-state index in [-0.39, 0.29) is 16.9 Å². The van der Waals surface area contributed by atoms with Gasteiger partial charge in [-0.3, -0.25) is 0 Å². The maximum Gasteiger partial charge on any atom is 0.335 e. The summed E-state index contributed by atoms with van der Waals surface area (Å²) >= 11 is 1.43. The van der Waals surface area contributed by atoms with E-state index in [0.29, 0.717) is 15.2 Å². The molecule has 1 heterocycles. The fourth-order valence-corrected chi connectivity index (χ4v) is 6.81. The quantitative estimate of drug-likeness (QED) is 0.458. The first-order chi connectivity index (χ1) is 13.9. The van der Waals surface area contributed by atoms with Crippen molar-refractivity contribution in [3.05, 3.63) is 88.8 Å². The van der Waals surface area contributed by atoms with Gasteiger partial charge in [0.25, 0.3) is 0 Å². The molecule has 1 aromatic heterocycles. The highest BCUT2D eigenvalue weighted by Crippen LogP contribution is 2.36. The third kappa shape index (κ3) is 3.69. The van der Waals surface area contributed by atoms with E-state index >= 15 is 0 Å². The van der Waals surface area contributed by atoms with Crippen LogP contribution in [0.4, 0.5) is 0 Å². The van der Waals surface area contributed by atoms with Crippen LogP contribution >= 0.6 is 11.3 Å². The maximum absolute atomic E-state index is 13.3. The smallest absolute Gasteiger partial charge is 0.335 e. The van der Waals surface area contributed by atoms with Gasteiger partial charge in [-0.1, -0.05) is 54.6 Å². The number of aryl methyl sites for hydroxylation is 1. The molecule has 0 radical (unpaired) electrons. The van der Waals surface area contributed by atoms with Gasteiger partial charge in [0.05, 0.1) is 16.2 Å². The first kappa shape index (κ1) is 19.4. The molecule has 0 amide bonds. The zero-order chi connectivity index (χ0) is 20.6. The van der Waals surface area contributed by atoms with Crippen LogP contribution in [0.25, 0.3) is 21.2 Å². The molecule has 0 saturated heterocycles. The van der Waals surface area contributed by atoms with Crippen LogP contribution in [0.2, 0.25) is 0 Å². The fraction of sp³-hybridized carbons (Fsp3) is 0.0870. The highest BCUT2D eigenvalue weighted by atomic mass is 32.2. The molecule has 0 aliphatic rings. The normalized spacial score (nSPS) is 11.6. The first-order valence-electron chi connectivity index (χ1n) is 8.99. The summed E-state index contributed by atoms with van der Waals surface area (Å²) in [6, 6.07) is 21.7. The van der Waals surface area contributed by atoms with E-state index in [1.54, 1.807) is 25.1 Å². The van der Waals surface area contributed by atoms with Crippen molar-refractivity contribution in [2.45, 2.75) is 17.6 Å². The van der Waals surface area contributed by atoms with Crippen molar-refractivity contribution in [2.75, 3.05) is 0 Å². The zero-order valence-corrected chi connectivity index (χ0v) is 17.3. The molecule has 4 rings (SSSR count). The Bertz CT molecular complexity index is 1320. The fourth-order valence-electron chi connectivity index (χ4n) is 3.54. The molecule has 3 aromatic carbocycles. The lowest BCUT2D eigenvalue weighted by Gasteiger charge is -2.11. The summed E-state index contributed by atoms with van der Waals surface area (Å²) < 4.78 is 27.6. The van der Waals surface area contributed by atoms with E-state index in [2.05, 4.69) is 0 Å². The Kier molecular flexibility index (Phi) is 4.98. The third-order valence-corrected chi connectivity index (χ3v) is 7.87. The molecule has 0 atom stereocenters. The molecule has 29 heavy (non-hydrogen) atoms. The number of aromatic carboxylic acids is 1. The zero-order valence-electron chi connectivity index (χ0n) is 15.6. The van der Waals surface area contributed by atoms with Crippen molar-refractivity contribution in [2.24, 2.45) is 0 Å². The largest absolute Gasteiger partial charge is 0.478 e. The van der Waals surface area contributed by atoms with Crippen LogP contribution in [-0.2, 0) is 15.6 Å². The van der Waals surface area contributed by atoms with Gasteiger partial charge in [-0.05, 0) is 41.8 Å². The summed E-state index contributed by atoms with van der Waals surface area (Å²) in [7, 11) is -3.74. The summed E-state index contributed by atoms with van der Waals surface area (Å²) in [6.45, 7) is 1.79. The second-order valence-electron chi connectivity index (χ2n) is 6.79. The van der Waals surface area contributed by atoms with Gasteiger partial charge < -0.3 is 5.11 Å². The third-order valence-electron chi connectivity index (χ3n) is 4.81. The van der Waals surface area contributed by atoms with Gasteiger partial charge in [-0.25, -0.2) is 13.2 Å². The maximum atomic E-state index is 13.3. The first-order valence-corrected chi connectivity index (χ1v) is 11.5. The Morgan fingerprint density at radius 3 is 2.34 bits per heavy atom. The number of carbonyl (C=O) groups is 1. The number of carboxylic acid groups (broad SMARTS) is 1. The Hall–Kier alpha value is -2.96. The molecule has 0 unspecified atom stereocenters. The van der Waals surface area contributed by atoms with Crippen LogP contribution in [0, 0.1) is 6.92 Å². The standard InChI is InChI=1S/C23H18O4S2/c1-15-22(20-9-5-6-10-21(20)28-15)29(26,27)14-18-13-17(11-12-19(18)23(24)25)16-7-3-2-4-8-16/h2-13H,14H2,1H3,(H,24,25). The van der Waals surface area contributed by atoms with Gasteiger partial charge in [0.1, 0.15) is 0 Å². The van der Waals surface area contributed by atoms with E-state index in [9.17, 15) is 18.3 Å². The Morgan fingerprint density at radius 2 is 1.62 bits per heavy atom.